The molecular formula is C14H26N2OS. The summed E-state index contributed by atoms with van der Waals surface area (Å²) in [6, 6.07) is 0. The van der Waals surface area contributed by atoms with E-state index >= 15 is 0 Å². The van der Waals surface area contributed by atoms with Gasteiger partial charge in [-0.15, -0.1) is 11.3 Å². The van der Waals surface area contributed by atoms with E-state index in [0.29, 0.717) is 0 Å². The van der Waals surface area contributed by atoms with Crippen molar-refractivity contribution in [3.05, 3.63) is 15.6 Å². The molecule has 0 fully saturated rings. The van der Waals surface area contributed by atoms with Crippen molar-refractivity contribution < 1.29 is 4.74 Å². The van der Waals surface area contributed by atoms with Gasteiger partial charge in [-0.1, -0.05) is 27.2 Å². The van der Waals surface area contributed by atoms with Gasteiger partial charge in [-0.3, -0.25) is 0 Å². The first-order valence-electron chi connectivity index (χ1n) is 6.86. The Morgan fingerprint density at radius 3 is 2.39 bits per heavy atom. The molecule has 3 nitrogen and oxygen atoms in total. The molecule has 0 atom stereocenters. The van der Waals surface area contributed by atoms with Gasteiger partial charge in [0.1, 0.15) is 10.6 Å². The van der Waals surface area contributed by atoms with E-state index in [0.717, 1.165) is 37.2 Å². The van der Waals surface area contributed by atoms with E-state index in [9.17, 15) is 0 Å². The summed E-state index contributed by atoms with van der Waals surface area (Å²) in [6.07, 6.45) is 4.13. The average Bonchev–Trinajstić information content (AvgIpc) is 2.77. The Morgan fingerprint density at radius 2 is 1.94 bits per heavy atom. The smallest absolute Gasteiger partial charge is 0.125 e. The van der Waals surface area contributed by atoms with E-state index in [-0.39, 0.29) is 5.60 Å². The minimum atomic E-state index is -0.195. The quantitative estimate of drug-likeness (QED) is 0.785. The van der Waals surface area contributed by atoms with Gasteiger partial charge in [-0.05, 0) is 26.3 Å². The molecule has 0 aliphatic heterocycles. The van der Waals surface area contributed by atoms with Crippen molar-refractivity contribution >= 4 is 11.3 Å². The summed E-state index contributed by atoms with van der Waals surface area (Å²) >= 11 is 1.81. The number of hydrogen-bond donors (Lipinski definition) is 1. The number of rotatable bonds is 8. The summed E-state index contributed by atoms with van der Waals surface area (Å²) in [5, 5.41) is 4.37. The third-order valence-electron chi connectivity index (χ3n) is 3.53. The SMILES string of the molecule is CCCc1nc(C(CC)(CC)OC)sc1CNC. The molecule has 0 bridgehead atoms. The highest BCUT2D eigenvalue weighted by Gasteiger charge is 2.32. The van der Waals surface area contributed by atoms with Crippen LogP contribution in [0.15, 0.2) is 0 Å². The molecule has 1 N–H and O–H groups in total. The second-order valence-corrected chi connectivity index (χ2v) is 5.66. The van der Waals surface area contributed by atoms with Gasteiger partial charge in [0.15, 0.2) is 0 Å². The number of nitrogens with zero attached hydrogens (tertiary/aromatic N) is 1. The normalized spacial score (nSPS) is 12.1. The molecule has 0 aromatic carbocycles. The Hall–Kier alpha value is -0.450. The number of aryl methyl sites for hydroxylation is 1. The maximum absolute atomic E-state index is 5.77. The molecule has 1 aromatic rings. The minimum Gasteiger partial charge on any atom is -0.371 e. The molecule has 0 aliphatic rings. The zero-order valence-corrected chi connectivity index (χ0v) is 13.1. The Labute approximate surface area is 115 Å². The van der Waals surface area contributed by atoms with Gasteiger partial charge in [0, 0.05) is 18.5 Å². The van der Waals surface area contributed by atoms with E-state index in [2.05, 4.69) is 26.1 Å². The van der Waals surface area contributed by atoms with Gasteiger partial charge in [-0.25, -0.2) is 4.98 Å². The third kappa shape index (κ3) is 3.11. The summed E-state index contributed by atoms with van der Waals surface area (Å²) in [5.41, 5.74) is 1.05. The Morgan fingerprint density at radius 1 is 1.28 bits per heavy atom. The molecule has 4 heteroatoms. The molecular weight excluding hydrogens is 244 g/mol. The van der Waals surface area contributed by atoms with Crippen LogP contribution >= 0.6 is 11.3 Å². The molecule has 0 saturated heterocycles. The highest BCUT2D eigenvalue weighted by atomic mass is 32.1. The van der Waals surface area contributed by atoms with Crippen molar-refractivity contribution in [2.45, 2.75) is 58.6 Å². The van der Waals surface area contributed by atoms with Crippen molar-refractivity contribution in [3.8, 4) is 0 Å². The summed E-state index contributed by atoms with van der Waals surface area (Å²) in [7, 11) is 3.78. The van der Waals surface area contributed by atoms with Crippen LogP contribution in [0, 0.1) is 0 Å². The lowest BCUT2D eigenvalue weighted by Crippen LogP contribution is -2.26. The summed E-state index contributed by atoms with van der Waals surface area (Å²) in [5.74, 6) is 0. The fraction of sp³-hybridized carbons (Fsp3) is 0.786. The number of nitrogens with one attached hydrogen (secondary N) is 1. The van der Waals surface area contributed by atoms with Crippen LogP contribution in [0.4, 0.5) is 0 Å². The number of thiazole rings is 1. The molecule has 0 aliphatic carbocycles. The number of methoxy groups -OCH3 is 1. The van der Waals surface area contributed by atoms with Gasteiger partial charge in [0.2, 0.25) is 0 Å². The molecule has 0 spiro atoms. The summed E-state index contributed by atoms with van der Waals surface area (Å²) < 4.78 is 5.77. The van der Waals surface area contributed by atoms with Crippen LogP contribution in [0.25, 0.3) is 0 Å². The van der Waals surface area contributed by atoms with Crippen molar-refractivity contribution in [1.82, 2.24) is 10.3 Å². The monoisotopic (exact) mass is 270 g/mol. The Balaban J connectivity index is 3.12. The van der Waals surface area contributed by atoms with Gasteiger partial charge < -0.3 is 10.1 Å². The van der Waals surface area contributed by atoms with Crippen LogP contribution in [-0.2, 0) is 23.3 Å². The predicted molar refractivity (Wildman–Crippen MR) is 78.1 cm³/mol. The highest BCUT2D eigenvalue weighted by Crippen LogP contribution is 2.36. The molecule has 1 rings (SSSR count). The molecule has 1 aromatic heterocycles. The predicted octanol–water partition coefficient (Wildman–Crippen LogP) is 3.48. The van der Waals surface area contributed by atoms with Crippen LogP contribution in [-0.4, -0.2) is 19.1 Å². The molecule has 1 heterocycles. The second-order valence-electron chi connectivity index (χ2n) is 4.57. The van der Waals surface area contributed by atoms with Gasteiger partial charge in [-0.2, -0.15) is 0 Å². The van der Waals surface area contributed by atoms with Gasteiger partial charge >= 0.3 is 0 Å². The summed E-state index contributed by atoms with van der Waals surface area (Å²) in [4.78, 5) is 6.22. The van der Waals surface area contributed by atoms with Crippen molar-refractivity contribution in [1.29, 1.82) is 0 Å². The van der Waals surface area contributed by atoms with Crippen molar-refractivity contribution in [2.24, 2.45) is 0 Å². The molecule has 18 heavy (non-hydrogen) atoms. The molecule has 0 amide bonds. The molecule has 0 unspecified atom stereocenters. The average molecular weight is 270 g/mol. The number of hydrogen-bond acceptors (Lipinski definition) is 4. The Kier molecular flexibility index (Phi) is 6.26. The van der Waals surface area contributed by atoms with Crippen LogP contribution in [0.3, 0.4) is 0 Å². The fourth-order valence-electron chi connectivity index (χ4n) is 2.24. The maximum atomic E-state index is 5.77. The van der Waals surface area contributed by atoms with Gasteiger partial charge in [0.05, 0.1) is 5.69 Å². The number of ether oxygens (including phenoxy) is 1. The minimum absolute atomic E-state index is 0.195. The molecule has 0 saturated carbocycles. The largest absolute Gasteiger partial charge is 0.371 e. The highest BCUT2D eigenvalue weighted by molar-refractivity contribution is 7.11. The lowest BCUT2D eigenvalue weighted by Gasteiger charge is -2.27. The maximum Gasteiger partial charge on any atom is 0.125 e. The van der Waals surface area contributed by atoms with Crippen LogP contribution < -0.4 is 5.32 Å². The second kappa shape index (κ2) is 7.22. The fourth-order valence-corrected chi connectivity index (χ4v) is 3.67. The van der Waals surface area contributed by atoms with Crippen LogP contribution in [0.1, 0.15) is 55.6 Å². The van der Waals surface area contributed by atoms with E-state index in [1.54, 1.807) is 18.4 Å². The Bertz CT molecular complexity index is 327. The van der Waals surface area contributed by atoms with E-state index in [1.807, 2.05) is 7.05 Å². The van der Waals surface area contributed by atoms with Crippen molar-refractivity contribution in [2.75, 3.05) is 14.2 Å². The first kappa shape index (κ1) is 15.6. The van der Waals surface area contributed by atoms with E-state index in [4.69, 9.17) is 9.72 Å². The molecule has 104 valence electrons. The lowest BCUT2D eigenvalue weighted by molar-refractivity contribution is -0.0219. The first-order chi connectivity index (χ1) is 8.67. The van der Waals surface area contributed by atoms with Crippen molar-refractivity contribution in [3.63, 3.8) is 0 Å². The third-order valence-corrected chi connectivity index (χ3v) is 4.81. The van der Waals surface area contributed by atoms with Crippen LogP contribution in [0.5, 0.6) is 0 Å². The van der Waals surface area contributed by atoms with Gasteiger partial charge in [0.25, 0.3) is 0 Å². The lowest BCUT2D eigenvalue weighted by atomic mass is 9.98. The first-order valence-corrected chi connectivity index (χ1v) is 7.67. The summed E-state index contributed by atoms with van der Waals surface area (Å²) in [6.45, 7) is 7.45. The zero-order chi connectivity index (χ0) is 13.6. The number of aromatic nitrogens is 1. The van der Waals surface area contributed by atoms with Crippen LogP contribution in [0.2, 0.25) is 0 Å². The van der Waals surface area contributed by atoms with E-state index in [1.165, 1.54) is 10.6 Å². The topological polar surface area (TPSA) is 34.1 Å². The molecule has 0 radical (unpaired) electrons. The standard InChI is InChI=1S/C14H26N2OS/c1-6-9-11-12(10-15-4)18-13(16-11)14(7-2,8-3)17-5/h15H,6-10H2,1-5H3. The van der Waals surface area contributed by atoms with E-state index < -0.39 is 0 Å². The zero-order valence-electron chi connectivity index (χ0n) is 12.3.